The van der Waals surface area contributed by atoms with Crippen molar-refractivity contribution in [1.82, 2.24) is 20.2 Å². The van der Waals surface area contributed by atoms with E-state index >= 15 is 0 Å². The van der Waals surface area contributed by atoms with Crippen molar-refractivity contribution in [3.63, 3.8) is 0 Å². The number of hydrogen-bond donors (Lipinski definition) is 3. The first-order chi connectivity index (χ1) is 11.5. The van der Waals surface area contributed by atoms with E-state index in [4.69, 9.17) is 21.1 Å². The Kier molecular flexibility index (Phi) is 4.42. The molecule has 3 rings (SSSR count). The van der Waals surface area contributed by atoms with E-state index in [2.05, 4.69) is 10.2 Å². The van der Waals surface area contributed by atoms with Crippen molar-refractivity contribution in [2.24, 2.45) is 5.73 Å². The van der Waals surface area contributed by atoms with E-state index in [1.807, 2.05) is 17.4 Å². The molecule has 5 N–H and O–H groups in total. The molecule has 1 aromatic heterocycles. The molecule has 0 radical (unpaired) electrons. The van der Waals surface area contributed by atoms with Crippen molar-refractivity contribution in [2.75, 3.05) is 18.2 Å². The molecule has 1 unspecified atom stereocenters. The number of amides is 3. The summed E-state index contributed by atoms with van der Waals surface area (Å²) in [5, 5.41) is 10.2. The highest BCUT2D eigenvalue weighted by Gasteiger charge is 2.28. The molecule has 1 aliphatic heterocycles. The van der Waals surface area contributed by atoms with Crippen LogP contribution in [0.1, 0.15) is 11.9 Å². The fourth-order valence-electron chi connectivity index (χ4n) is 2.06. The first-order valence-electron chi connectivity index (χ1n) is 6.85. The number of carbonyl (C=O) groups is 2. The second kappa shape index (κ2) is 6.66. The third kappa shape index (κ3) is 3.35. The van der Waals surface area contributed by atoms with Gasteiger partial charge in [0.2, 0.25) is 11.1 Å². The predicted molar refractivity (Wildman–Crippen MR) is 83.9 cm³/mol. The SMILES string of the molecule is NC(=O)NC(=O)CSc1nnc(C2COc3ccccc3O2)n1N. The average molecular weight is 350 g/mol. The Hall–Kier alpha value is -2.95. The van der Waals surface area contributed by atoms with Crippen molar-refractivity contribution in [2.45, 2.75) is 11.3 Å². The van der Waals surface area contributed by atoms with E-state index in [0.29, 0.717) is 22.5 Å². The summed E-state index contributed by atoms with van der Waals surface area (Å²) in [6.45, 7) is 0.235. The summed E-state index contributed by atoms with van der Waals surface area (Å²) in [5.41, 5.74) is 4.86. The van der Waals surface area contributed by atoms with Gasteiger partial charge in [0.25, 0.3) is 0 Å². The van der Waals surface area contributed by atoms with Gasteiger partial charge in [-0.3, -0.25) is 10.1 Å². The number of nitrogens with two attached hydrogens (primary N) is 2. The number of para-hydroxylation sites is 2. The van der Waals surface area contributed by atoms with Crippen LogP contribution in [0.3, 0.4) is 0 Å². The number of nitrogens with one attached hydrogen (secondary N) is 1. The maximum atomic E-state index is 11.4. The van der Waals surface area contributed by atoms with Crippen LogP contribution in [0, 0.1) is 0 Å². The number of primary amides is 1. The molecule has 0 spiro atoms. The topological polar surface area (TPSA) is 147 Å². The maximum Gasteiger partial charge on any atom is 0.318 e. The molecule has 2 aromatic rings. The Morgan fingerprint density at radius 1 is 1.33 bits per heavy atom. The molecule has 0 aliphatic carbocycles. The zero-order valence-corrected chi connectivity index (χ0v) is 13.2. The van der Waals surface area contributed by atoms with Gasteiger partial charge in [0.1, 0.15) is 6.61 Å². The number of fused-ring (bicyclic) bond motifs is 1. The first-order valence-corrected chi connectivity index (χ1v) is 7.84. The largest absolute Gasteiger partial charge is 0.485 e. The normalized spacial score (nSPS) is 15.8. The van der Waals surface area contributed by atoms with E-state index in [9.17, 15) is 9.59 Å². The quantitative estimate of drug-likeness (QED) is 0.507. The summed E-state index contributed by atoms with van der Waals surface area (Å²) >= 11 is 1.02. The molecule has 0 saturated carbocycles. The molecule has 1 aromatic carbocycles. The number of nitrogen functional groups attached to an aromatic ring is 1. The van der Waals surface area contributed by atoms with Gasteiger partial charge in [0.05, 0.1) is 5.75 Å². The highest BCUT2D eigenvalue weighted by molar-refractivity contribution is 7.99. The Balaban J connectivity index is 1.67. The summed E-state index contributed by atoms with van der Waals surface area (Å²) in [5.74, 6) is 6.92. The highest BCUT2D eigenvalue weighted by Crippen LogP contribution is 2.35. The summed E-state index contributed by atoms with van der Waals surface area (Å²) in [6, 6.07) is 6.35. The van der Waals surface area contributed by atoms with Crippen LogP contribution in [-0.2, 0) is 4.79 Å². The Bertz CT molecular complexity index is 780. The van der Waals surface area contributed by atoms with Crippen LogP contribution in [0.4, 0.5) is 4.79 Å². The number of thioether (sulfide) groups is 1. The second-order valence-corrected chi connectivity index (χ2v) is 5.72. The number of rotatable bonds is 4. The van der Waals surface area contributed by atoms with Crippen molar-refractivity contribution in [1.29, 1.82) is 0 Å². The van der Waals surface area contributed by atoms with Gasteiger partial charge in [0, 0.05) is 0 Å². The summed E-state index contributed by atoms with van der Waals surface area (Å²) in [7, 11) is 0. The number of nitrogens with zero attached hydrogens (tertiary/aromatic N) is 3. The highest BCUT2D eigenvalue weighted by atomic mass is 32.2. The predicted octanol–water partition coefficient (Wildman–Crippen LogP) is -0.209. The minimum Gasteiger partial charge on any atom is -0.485 e. The minimum absolute atomic E-state index is 0.0802. The molecule has 10 nitrogen and oxygen atoms in total. The van der Waals surface area contributed by atoms with Gasteiger partial charge in [-0.05, 0) is 12.1 Å². The van der Waals surface area contributed by atoms with E-state index in [1.165, 1.54) is 4.68 Å². The lowest BCUT2D eigenvalue weighted by Gasteiger charge is -2.25. The monoisotopic (exact) mass is 350 g/mol. The van der Waals surface area contributed by atoms with Gasteiger partial charge in [-0.15, -0.1) is 10.2 Å². The van der Waals surface area contributed by atoms with E-state index < -0.39 is 18.0 Å². The molecule has 1 aliphatic rings. The second-order valence-electron chi connectivity index (χ2n) is 4.78. The van der Waals surface area contributed by atoms with Crippen LogP contribution in [0.2, 0.25) is 0 Å². The van der Waals surface area contributed by atoms with Gasteiger partial charge in [-0.1, -0.05) is 23.9 Å². The molecule has 3 amide bonds. The number of carbonyl (C=O) groups excluding carboxylic acids is 2. The van der Waals surface area contributed by atoms with Gasteiger partial charge >= 0.3 is 6.03 Å². The van der Waals surface area contributed by atoms with Crippen molar-refractivity contribution < 1.29 is 19.1 Å². The van der Waals surface area contributed by atoms with E-state index in [1.54, 1.807) is 12.1 Å². The summed E-state index contributed by atoms with van der Waals surface area (Å²) < 4.78 is 12.7. The molecule has 2 heterocycles. The van der Waals surface area contributed by atoms with E-state index in [0.717, 1.165) is 11.8 Å². The lowest BCUT2D eigenvalue weighted by Crippen LogP contribution is -2.36. The third-order valence-electron chi connectivity index (χ3n) is 3.08. The number of urea groups is 1. The third-order valence-corrected chi connectivity index (χ3v) is 4.03. The summed E-state index contributed by atoms with van der Waals surface area (Å²) in [4.78, 5) is 22.0. The maximum absolute atomic E-state index is 11.4. The van der Waals surface area contributed by atoms with Crippen molar-refractivity contribution in [3.05, 3.63) is 30.1 Å². The standard InChI is InChI=1S/C13H14N6O4S/c14-12(21)16-10(20)6-24-13-18-17-11(19(13)15)9-5-22-7-3-1-2-4-8(7)23-9/h1-4,9H,5-6,15H2,(H3,14,16,20,21). The zero-order chi connectivity index (χ0) is 17.1. The lowest BCUT2D eigenvalue weighted by atomic mass is 10.2. The smallest absolute Gasteiger partial charge is 0.318 e. The van der Waals surface area contributed by atoms with Gasteiger partial charge in [-0.2, -0.15) is 0 Å². The van der Waals surface area contributed by atoms with E-state index in [-0.39, 0.29) is 12.4 Å². The molecule has 11 heteroatoms. The molecular formula is C13H14N6O4S. The van der Waals surface area contributed by atoms with Crippen molar-refractivity contribution in [3.8, 4) is 11.5 Å². The van der Waals surface area contributed by atoms with Gasteiger partial charge in [0.15, 0.2) is 23.4 Å². The Morgan fingerprint density at radius 3 is 2.83 bits per heavy atom. The fourth-order valence-corrected chi connectivity index (χ4v) is 2.72. The number of aromatic nitrogens is 3. The number of benzene rings is 1. The molecule has 0 bridgehead atoms. The van der Waals surface area contributed by atoms with Crippen LogP contribution in [0.5, 0.6) is 11.5 Å². The van der Waals surface area contributed by atoms with Gasteiger partial charge in [-0.25, -0.2) is 9.47 Å². The molecule has 0 saturated heterocycles. The Morgan fingerprint density at radius 2 is 2.08 bits per heavy atom. The number of imide groups is 1. The summed E-state index contributed by atoms with van der Waals surface area (Å²) in [6.07, 6.45) is -0.522. The molecule has 1 atom stereocenters. The number of hydrogen-bond acceptors (Lipinski definition) is 8. The average Bonchev–Trinajstić information content (AvgIpc) is 2.92. The van der Waals surface area contributed by atoms with Crippen molar-refractivity contribution >= 4 is 23.7 Å². The van der Waals surface area contributed by atoms with Crippen LogP contribution in [-0.4, -0.2) is 39.2 Å². The van der Waals surface area contributed by atoms with Crippen LogP contribution < -0.4 is 26.4 Å². The van der Waals surface area contributed by atoms with Crippen LogP contribution in [0.15, 0.2) is 29.4 Å². The zero-order valence-electron chi connectivity index (χ0n) is 12.3. The van der Waals surface area contributed by atoms with Crippen LogP contribution >= 0.6 is 11.8 Å². The molecule has 24 heavy (non-hydrogen) atoms. The molecule has 126 valence electrons. The molecular weight excluding hydrogens is 336 g/mol. The molecule has 0 fully saturated rings. The minimum atomic E-state index is -0.915. The van der Waals surface area contributed by atoms with Gasteiger partial charge < -0.3 is 21.1 Å². The fraction of sp³-hybridized carbons (Fsp3) is 0.231. The first kappa shape index (κ1) is 15.9. The number of ether oxygens (including phenoxy) is 2. The lowest BCUT2D eigenvalue weighted by molar-refractivity contribution is -0.117. The van der Waals surface area contributed by atoms with Crippen LogP contribution in [0.25, 0.3) is 0 Å². The Labute approximate surface area is 140 Å².